The van der Waals surface area contributed by atoms with E-state index < -0.39 is 0 Å². The van der Waals surface area contributed by atoms with Gasteiger partial charge in [0, 0.05) is 35.9 Å². The Balaban J connectivity index is 1.90. The average Bonchev–Trinajstić information content (AvgIpc) is 2.87. The summed E-state index contributed by atoms with van der Waals surface area (Å²) in [5, 5.41) is 0.851. The third-order valence-electron chi connectivity index (χ3n) is 4.74. The number of halogens is 1. The Morgan fingerprint density at radius 1 is 1.32 bits per heavy atom. The van der Waals surface area contributed by atoms with Crippen molar-refractivity contribution in [3.63, 3.8) is 0 Å². The highest BCUT2D eigenvalue weighted by Gasteiger charge is 2.35. The summed E-state index contributed by atoms with van der Waals surface area (Å²) in [6.45, 7) is 8.17. The van der Waals surface area contributed by atoms with Gasteiger partial charge in [0.1, 0.15) is 0 Å². The predicted molar refractivity (Wildman–Crippen MR) is 82.2 cm³/mol. The minimum absolute atomic E-state index is 0.631. The van der Waals surface area contributed by atoms with Crippen LogP contribution in [-0.2, 0) is 0 Å². The van der Waals surface area contributed by atoms with Gasteiger partial charge >= 0.3 is 0 Å². The molecule has 2 heterocycles. The number of nitrogens with zero attached hydrogens (tertiary/aromatic N) is 2. The Morgan fingerprint density at radius 3 is 2.95 bits per heavy atom. The van der Waals surface area contributed by atoms with Crippen molar-refractivity contribution in [2.24, 2.45) is 0 Å². The van der Waals surface area contributed by atoms with E-state index >= 15 is 0 Å². The first kappa shape index (κ1) is 13.3. The van der Waals surface area contributed by atoms with Crippen LogP contribution in [0.3, 0.4) is 0 Å². The molecule has 0 aromatic heterocycles. The molecule has 0 amide bonds. The van der Waals surface area contributed by atoms with Crippen LogP contribution in [0.2, 0.25) is 5.02 Å². The van der Waals surface area contributed by atoms with E-state index in [9.17, 15) is 0 Å². The molecule has 0 bridgehead atoms. The fourth-order valence-corrected chi connectivity index (χ4v) is 3.79. The fraction of sp³-hybridized carbons (Fsp3) is 0.625. The number of anilines is 1. The van der Waals surface area contributed by atoms with Crippen LogP contribution < -0.4 is 4.90 Å². The van der Waals surface area contributed by atoms with Gasteiger partial charge in [0.25, 0.3) is 0 Å². The van der Waals surface area contributed by atoms with Gasteiger partial charge in [-0.25, -0.2) is 0 Å². The number of hydrogen-bond donors (Lipinski definition) is 0. The van der Waals surface area contributed by atoms with Gasteiger partial charge in [-0.15, -0.1) is 0 Å². The van der Waals surface area contributed by atoms with Crippen LogP contribution in [0.25, 0.3) is 0 Å². The molecule has 1 aromatic carbocycles. The number of fused-ring (bicyclic) bond motifs is 1. The molecule has 104 valence electrons. The Hall–Kier alpha value is -0.730. The van der Waals surface area contributed by atoms with Crippen molar-refractivity contribution >= 4 is 17.3 Å². The first-order valence-electron chi connectivity index (χ1n) is 7.46. The van der Waals surface area contributed by atoms with E-state index in [1.165, 1.54) is 50.1 Å². The minimum Gasteiger partial charge on any atom is -0.365 e. The first-order chi connectivity index (χ1) is 9.19. The number of benzene rings is 1. The zero-order chi connectivity index (χ0) is 13.4. The van der Waals surface area contributed by atoms with E-state index in [2.05, 4.69) is 35.8 Å². The lowest BCUT2D eigenvalue weighted by Crippen LogP contribution is -2.56. The molecule has 1 aromatic rings. The van der Waals surface area contributed by atoms with E-state index in [1.54, 1.807) is 0 Å². The van der Waals surface area contributed by atoms with E-state index in [0.717, 1.165) is 11.1 Å². The Bertz CT molecular complexity index is 460. The van der Waals surface area contributed by atoms with Crippen LogP contribution >= 0.6 is 11.6 Å². The molecule has 2 fully saturated rings. The maximum atomic E-state index is 6.20. The Kier molecular flexibility index (Phi) is 3.72. The van der Waals surface area contributed by atoms with Crippen LogP contribution in [0.4, 0.5) is 5.69 Å². The van der Waals surface area contributed by atoms with Crippen molar-refractivity contribution in [2.75, 3.05) is 24.5 Å². The lowest BCUT2D eigenvalue weighted by Gasteiger charge is -2.45. The minimum atomic E-state index is 0.631. The molecule has 0 saturated carbocycles. The second-order valence-electron chi connectivity index (χ2n) is 5.94. The first-order valence-corrected chi connectivity index (χ1v) is 7.83. The van der Waals surface area contributed by atoms with Crippen LogP contribution in [0.15, 0.2) is 18.2 Å². The third kappa shape index (κ3) is 2.48. The van der Waals surface area contributed by atoms with Crippen molar-refractivity contribution in [3.8, 4) is 0 Å². The van der Waals surface area contributed by atoms with Gasteiger partial charge in [-0.1, -0.05) is 24.6 Å². The highest BCUT2D eigenvalue weighted by Crippen LogP contribution is 2.32. The fourth-order valence-electron chi connectivity index (χ4n) is 3.62. The standard InChI is InChI=1S/C16H23ClN2/c1-3-14-10-18-8-4-5-15(18)11-19(14)16-9-13(17)7-6-12(16)2/h6-7,9,14-15H,3-5,8,10-11H2,1-2H3. The van der Waals surface area contributed by atoms with Crippen LogP contribution in [0, 0.1) is 6.92 Å². The average molecular weight is 279 g/mol. The molecular formula is C16H23ClN2. The Labute approximate surface area is 121 Å². The number of aryl methyl sites for hydroxylation is 1. The summed E-state index contributed by atoms with van der Waals surface area (Å²) in [5.41, 5.74) is 2.68. The van der Waals surface area contributed by atoms with E-state index in [4.69, 9.17) is 11.6 Å². The smallest absolute Gasteiger partial charge is 0.0426 e. The second kappa shape index (κ2) is 5.34. The highest BCUT2D eigenvalue weighted by molar-refractivity contribution is 6.30. The molecule has 3 heteroatoms. The molecule has 0 radical (unpaired) electrons. The van der Waals surface area contributed by atoms with Crippen LogP contribution in [0.5, 0.6) is 0 Å². The van der Waals surface area contributed by atoms with Crippen molar-refractivity contribution < 1.29 is 0 Å². The van der Waals surface area contributed by atoms with Crippen molar-refractivity contribution in [1.29, 1.82) is 0 Å². The van der Waals surface area contributed by atoms with Gasteiger partial charge in [0.15, 0.2) is 0 Å². The van der Waals surface area contributed by atoms with Crippen molar-refractivity contribution in [2.45, 2.75) is 45.2 Å². The van der Waals surface area contributed by atoms with E-state index in [0.29, 0.717) is 6.04 Å². The van der Waals surface area contributed by atoms with Crippen molar-refractivity contribution in [1.82, 2.24) is 4.90 Å². The highest BCUT2D eigenvalue weighted by atomic mass is 35.5. The van der Waals surface area contributed by atoms with Gasteiger partial charge < -0.3 is 4.90 Å². The molecule has 2 aliphatic heterocycles. The number of rotatable bonds is 2. The molecule has 2 saturated heterocycles. The molecule has 0 N–H and O–H groups in total. The van der Waals surface area contributed by atoms with Gasteiger partial charge in [-0.05, 0) is 50.4 Å². The predicted octanol–water partition coefficient (Wildman–Crippen LogP) is 3.71. The molecule has 0 spiro atoms. The maximum Gasteiger partial charge on any atom is 0.0426 e. The van der Waals surface area contributed by atoms with Gasteiger partial charge in [-0.3, -0.25) is 4.90 Å². The molecular weight excluding hydrogens is 256 g/mol. The SMILES string of the molecule is CCC1CN2CCCC2CN1c1cc(Cl)ccc1C. The van der Waals surface area contributed by atoms with Crippen LogP contribution in [0.1, 0.15) is 31.7 Å². The lowest BCUT2D eigenvalue weighted by molar-refractivity contribution is 0.194. The largest absolute Gasteiger partial charge is 0.365 e. The van der Waals surface area contributed by atoms with Gasteiger partial charge in [0.05, 0.1) is 0 Å². The normalized spacial score (nSPS) is 27.6. The summed E-state index contributed by atoms with van der Waals surface area (Å²) in [6.07, 6.45) is 3.92. The quantitative estimate of drug-likeness (QED) is 0.814. The lowest BCUT2D eigenvalue weighted by atomic mass is 10.0. The summed E-state index contributed by atoms with van der Waals surface area (Å²) >= 11 is 6.20. The summed E-state index contributed by atoms with van der Waals surface area (Å²) in [4.78, 5) is 5.29. The summed E-state index contributed by atoms with van der Waals surface area (Å²) in [5.74, 6) is 0. The summed E-state index contributed by atoms with van der Waals surface area (Å²) in [7, 11) is 0. The summed E-state index contributed by atoms with van der Waals surface area (Å²) < 4.78 is 0. The maximum absolute atomic E-state index is 6.20. The van der Waals surface area contributed by atoms with E-state index in [1.807, 2.05) is 6.07 Å². The second-order valence-corrected chi connectivity index (χ2v) is 6.37. The van der Waals surface area contributed by atoms with Gasteiger partial charge in [-0.2, -0.15) is 0 Å². The zero-order valence-corrected chi connectivity index (χ0v) is 12.7. The Morgan fingerprint density at radius 2 is 2.16 bits per heavy atom. The van der Waals surface area contributed by atoms with Crippen LogP contribution in [-0.4, -0.2) is 36.6 Å². The number of hydrogen-bond acceptors (Lipinski definition) is 2. The molecule has 19 heavy (non-hydrogen) atoms. The van der Waals surface area contributed by atoms with E-state index in [-0.39, 0.29) is 0 Å². The molecule has 2 unspecified atom stereocenters. The summed E-state index contributed by atoms with van der Waals surface area (Å²) in [6, 6.07) is 7.66. The molecule has 0 aliphatic carbocycles. The molecule has 2 aliphatic rings. The third-order valence-corrected chi connectivity index (χ3v) is 4.98. The van der Waals surface area contributed by atoms with Gasteiger partial charge in [0.2, 0.25) is 0 Å². The topological polar surface area (TPSA) is 6.48 Å². The molecule has 2 atom stereocenters. The number of piperazine rings is 1. The molecule has 3 rings (SSSR count). The zero-order valence-electron chi connectivity index (χ0n) is 11.9. The van der Waals surface area contributed by atoms with Crippen molar-refractivity contribution in [3.05, 3.63) is 28.8 Å². The molecule has 2 nitrogen and oxygen atoms in total. The monoisotopic (exact) mass is 278 g/mol.